The lowest BCUT2D eigenvalue weighted by molar-refractivity contribution is -0.134. The number of anilines is 2. The van der Waals surface area contributed by atoms with Crippen molar-refractivity contribution in [3.8, 4) is 0 Å². The van der Waals surface area contributed by atoms with E-state index in [2.05, 4.69) is 22.3 Å². The van der Waals surface area contributed by atoms with Gasteiger partial charge in [0.1, 0.15) is 0 Å². The molecule has 0 radical (unpaired) electrons. The summed E-state index contributed by atoms with van der Waals surface area (Å²) in [6.07, 6.45) is 0.662. The van der Waals surface area contributed by atoms with Gasteiger partial charge in [0.05, 0.1) is 11.8 Å². The number of para-hydroxylation sites is 2. The van der Waals surface area contributed by atoms with Crippen molar-refractivity contribution in [2.45, 2.75) is 13.3 Å². The molecule has 1 saturated carbocycles. The van der Waals surface area contributed by atoms with Gasteiger partial charge in [-0.15, -0.1) is 0 Å². The smallest absolute Gasteiger partial charge is 0.228 e. The summed E-state index contributed by atoms with van der Waals surface area (Å²) in [5.74, 6) is -0.250. The van der Waals surface area contributed by atoms with E-state index in [1.54, 1.807) is 0 Å². The lowest BCUT2D eigenvalue weighted by Crippen LogP contribution is -2.49. The van der Waals surface area contributed by atoms with Crippen molar-refractivity contribution in [2.24, 2.45) is 11.8 Å². The Balaban J connectivity index is 1.29. The van der Waals surface area contributed by atoms with Crippen LogP contribution in [0.2, 0.25) is 0 Å². The third-order valence-corrected chi connectivity index (χ3v) is 5.56. The molecule has 0 spiro atoms. The second-order valence-corrected chi connectivity index (χ2v) is 7.40. The number of rotatable bonds is 4. The molecular formula is C22H25N3O2. The molecule has 0 bridgehead atoms. The van der Waals surface area contributed by atoms with Gasteiger partial charge in [0.15, 0.2) is 0 Å². The van der Waals surface area contributed by atoms with Crippen LogP contribution in [0.3, 0.4) is 0 Å². The zero-order valence-corrected chi connectivity index (χ0v) is 15.6. The van der Waals surface area contributed by atoms with Crippen LogP contribution in [-0.2, 0) is 9.59 Å². The molecule has 4 rings (SSSR count). The van der Waals surface area contributed by atoms with Crippen LogP contribution in [0.5, 0.6) is 0 Å². The maximum absolute atomic E-state index is 12.8. The van der Waals surface area contributed by atoms with E-state index in [0.717, 1.165) is 37.4 Å². The average Bonchev–Trinajstić information content (AvgIpc) is 3.51. The molecule has 1 heterocycles. The van der Waals surface area contributed by atoms with Gasteiger partial charge in [0.25, 0.3) is 0 Å². The number of benzene rings is 2. The van der Waals surface area contributed by atoms with E-state index in [9.17, 15) is 9.59 Å². The second kappa shape index (κ2) is 7.43. The molecule has 5 heteroatoms. The number of carbonyl (C=O) groups excluding carboxylic acids is 2. The zero-order valence-electron chi connectivity index (χ0n) is 15.6. The number of carbonyl (C=O) groups is 2. The Bertz CT molecular complexity index is 828. The van der Waals surface area contributed by atoms with Gasteiger partial charge in [-0.2, -0.15) is 0 Å². The standard InChI is InChI=1S/C22H25N3O2/c1-16-7-5-6-10-20(16)23-21(26)18-15-19(18)22(27)25-13-11-24(12-14-25)17-8-3-2-4-9-17/h2-10,18-19H,11-15H2,1H3,(H,23,26). The largest absolute Gasteiger partial charge is 0.368 e. The summed E-state index contributed by atoms with van der Waals surface area (Å²) in [5, 5.41) is 2.97. The van der Waals surface area contributed by atoms with Gasteiger partial charge in [0, 0.05) is 37.6 Å². The van der Waals surface area contributed by atoms with Crippen LogP contribution in [0.15, 0.2) is 54.6 Å². The molecule has 27 heavy (non-hydrogen) atoms. The van der Waals surface area contributed by atoms with Gasteiger partial charge in [-0.3, -0.25) is 9.59 Å². The quantitative estimate of drug-likeness (QED) is 0.909. The minimum absolute atomic E-state index is 0.0365. The number of hydrogen-bond donors (Lipinski definition) is 1. The van der Waals surface area contributed by atoms with Gasteiger partial charge < -0.3 is 15.1 Å². The van der Waals surface area contributed by atoms with E-state index in [1.165, 1.54) is 5.69 Å². The van der Waals surface area contributed by atoms with E-state index >= 15 is 0 Å². The highest BCUT2D eigenvalue weighted by molar-refractivity contribution is 5.99. The third kappa shape index (κ3) is 3.82. The predicted octanol–water partition coefficient (Wildman–Crippen LogP) is 2.92. The van der Waals surface area contributed by atoms with Crippen LogP contribution >= 0.6 is 0 Å². The van der Waals surface area contributed by atoms with Crippen LogP contribution in [0.1, 0.15) is 12.0 Å². The van der Waals surface area contributed by atoms with Crippen LogP contribution in [0, 0.1) is 18.8 Å². The number of hydrogen-bond acceptors (Lipinski definition) is 3. The molecule has 2 aliphatic rings. The van der Waals surface area contributed by atoms with E-state index in [-0.39, 0.29) is 23.7 Å². The fraction of sp³-hybridized carbons (Fsp3) is 0.364. The molecule has 2 atom stereocenters. The summed E-state index contributed by atoms with van der Waals surface area (Å²) in [6.45, 7) is 5.08. The van der Waals surface area contributed by atoms with Gasteiger partial charge in [0.2, 0.25) is 11.8 Å². The fourth-order valence-electron chi connectivity index (χ4n) is 3.75. The molecule has 2 aromatic carbocycles. The summed E-state index contributed by atoms with van der Waals surface area (Å²) in [5.41, 5.74) is 3.06. The SMILES string of the molecule is Cc1ccccc1NC(=O)C1CC1C(=O)N1CCN(c2ccccc2)CC1. The van der Waals surface area contributed by atoms with E-state index < -0.39 is 0 Å². The number of amides is 2. The van der Waals surface area contributed by atoms with Crippen LogP contribution in [0.25, 0.3) is 0 Å². The summed E-state index contributed by atoms with van der Waals surface area (Å²) in [6, 6.07) is 18.0. The average molecular weight is 363 g/mol. The first-order valence-corrected chi connectivity index (χ1v) is 9.59. The molecular weight excluding hydrogens is 338 g/mol. The third-order valence-electron chi connectivity index (χ3n) is 5.56. The highest BCUT2D eigenvalue weighted by atomic mass is 16.2. The number of piperazine rings is 1. The number of nitrogens with one attached hydrogen (secondary N) is 1. The summed E-state index contributed by atoms with van der Waals surface area (Å²) in [7, 11) is 0. The van der Waals surface area contributed by atoms with Crippen LogP contribution < -0.4 is 10.2 Å². The van der Waals surface area contributed by atoms with Crippen LogP contribution in [0.4, 0.5) is 11.4 Å². The molecule has 1 saturated heterocycles. The minimum atomic E-state index is -0.191. The topological polar surface area (TPSA) is 52.7 Å². The Morgan fingerprint density at radius 1 is 0.889 bits per heavy atom. The van der Waals surface area contributed by atoms with Crippen molar-refractivity contribution in [3.05, 3.63) is 60.2 Å². The highest BCUT2D eigenvalue weighted by Gasteiger charge is 2.49. The van der Waals surface area contributed by atoms with Gasteiger partial charge in [-0.25, -0.2) is 0 Å². The van der Waals surface area contributed by atoms with Gasteiger partial charge in [-0.05, 0) is 37.1 Å². The first kappa shape index (κ1) is 17.6. The van der Waals surface area contributed by atoms with E-state index in [1.807, 2.05) is 54.3 Å². The van der Waals surface area contributed by atoms with Gasteiger partial charge in [-0.1, -0.05) is 36.4 Å². The Labute approximate surface area is 160 Å². The normalized spacial score (nSPS) is 21.7. The lowest BCUT2D eigenvalue weighted by Gasteiger charge is -2.36. The van der Waals surface area contributed by atoms with Crippen molar-refractivity contribution in [2.75, 3.05) is 36.4 Å². The Morgan fingerprint density at radius 2 is 1.56 bits per heavy atom. The molecule has 1 aliphatic heterocycles. The molecule has 2 aromatic rings. The van der Waals surface area contributed by atoms with Crippen molar-refractivity contribution >= 4 is 23.2 Å². The monoisotopic (exact) mass is 363 g/mol. The predicted molar refractivity (Wildman–Crippen MR) is 107 cm³/mol. The number of nitrogens with zero attached hydrogens (tertiary/aromatic N) is 2. The van der Waals surface area contributed by atoms with Crippen LogP contribution in [-0.4, -0.2) is 42.9 Å². The molecule has 1 N–H and O–H groups in total. The Kier molecular flexibility index (Phi) is 4.84. The molecule has 5 nitrogen and oxygen atoms in total. The van der Waals surface area contributed by atoms with E-state index in [4.69, 9.17) is 0 Å². The molecule has 0 aromatic heterocycles. The first-order valence-electron chi connectivity index (χ1n) is 9.59. The summed E-state index contributed by atoms with van der Waals surface area (Å²) >= 11 is 0. The maximum Gasteiger partial charge on any atom is 0.228 e. The number of aryl methyl sites for hydroxylation is 1. The fourth-order valence-corrected chi connectivity index (χ4v) is 3.75. The van der Waals surface area contributed by atoms with Crippen molar-refractivity contribution in [3.63, 3.8) is 0 Å². The van der Waals surface area contributed by atoms with Crippen molar-refractivity contribution in [1.29, 1.82) is 0 Å². The zero-order chi connectivity index (χ0) is 18.8. The second-order valence-electron chi connectivity index (χ2n) is 7.40. The Morgan fingerprint density at radius 3 is 2.26 bits per heavy atom. The highest BCUT2D eigenvalue weighted by Crippen LogP contribution is 2.41. The molecule has 140 valence electrons. The first-order chi connectivity index (χ1) is 13.1. The van der Waals surface area contributed by atoms with Gasteiger partial charge >= 0.3 is 0 Å². The van der Waals surface area contributed by atoms with Crippen molar-refractivity contribution < 1.29 is 9.59 Å². The minimum Gasteiger partial charge on any atom is -0.368 e. The molecule has 1 aliphatic carbocycles. The molecule has 2 amide bonds. The Hall–Kier alpha value is -2.82. The summed E-state index contributed by atoms with van der Waals surface area (Å²) < 4.78 is 0. The molecule has 2 unspecified atom stereocenters. The summed E-state index contributed by atoms with van der Waals surface area (Å²) in [4.78, 5) is 29.5. The van der Waals surface area contributed by atoms with Crippen molar-refractivity contribution in [1.82, 2.24) is 4.90 Å². The lowest BCUT2D eigenvalue weighted by atomic mass is 10.2. The van der Waals surface area contributed by atoms with E-state index in [0.29, 0.717) is 6.42 Å². The maximum atomic E-state index is 12.8. The molecule has 2 fully saturated rings.